The maximum Gasteiger partial charge on any atom is 0.404 e. The molecule has 0 bridgehead atoms. The Morgan fingerprint density at radius 3 is 2.92 bits per heavy atom. The summed E-state index contributed by atoms with van der Waals surface area (Å²) in [5.74, 6) is 0.0904. The van der Waals surface area contributed by atoms with Gasteiger partial charge in [-0.25, -0.2) is 4.79 Å². The van der Waals surface area contributed by atoms with Crippen molar-refractivity contribution in [3.63, 3.8) is 0 Å². The first-order chi connectivity index (χ1) is 5.59. The van der Waals surface area contributed by atoms with Gasteiger partial charge in [-0.1, -0.05) is 0 Å². The third-order valence-electron chi connectivity index (χ3n) is 2.07. The van der Waals surface area contributed by atoms with Crippen LogP contribution in [0.25, 0.3) is 0 Å². The van der Waals surface area contributed by atoms with Crippen molar-refractivity contribution in [3.8, 4) is 0 Å². The molecular weight excluding hydrogens is 160 g/mol. The first kappa shape index (κ1) is 8.83. The Kier molecular flexibility index (Phi) is 2.52. The number of carbonyl (C=O) groups is 2. The third kappa shape index (κ3) is 2.11. The second-order valence-electron chi connectivity index (χ2n) is 3.01. The topological polar surface area (TPSA) is 78.4 Å². The lowest BCUT2D eigenvalue weighted by Crippen LogP contribution is -2.37. The van der Waals surface area contributed by atoms with Gasteiger partial charge in [-0.05, 0) is 6.92 Å². The van der Waals surface area contributed by atoms with Crippen LogP contribution in [0.4, 0.5) is 4.79 Å². The van der Waals surface area contributed by atoms with Crippen molar-refractivity contribution >= 4 is 12.0 Å². The summed E-state index contributed by atoms with van der Waals surface area (Å²) in [5, 5.41) is 13.4. The third-order valence-corrected chi connectivity index (χ3v) is 2.07. The van der Waals surface area contributed by atoms with Gasteiger partial charge in [-0.15, -0.1) is 0 Å². The number of nitrogens with one attached hydrogen (secondary N) is 2. The summed E-state index contributed by atoms with van der Waals surface area (Å²) in [4.78, 5) is 21.0. The van der Waals surface area contributed by atoms with E-state index in [0.717, 1.165) is 0 Å². The molecule has 0 aromatic carbocycles. The molecule has 0 radical (unpaired) electrons. The van der Waals surface area contributed by atoms with Crippen LogP contribution in [0, 0.1) is 5.92 Å². The molecular formula is C7H12N2O3. The number of carbonyl (C=O) groups excluding carboxylic acids is 1. The molecule has 1 rings (SSSR count). The highest BCUT2D eigenvalue weighted by molar-refractivity contribution is 5.78. The lowest BCUT2D eigenvalue weighted by Gasteiger charge is -2.16. The molecule has 0 saturated carbocycles. The maximum atomic E-state index is 10.8. The predicted molar refractivity (Wildman–Crippen MR) is 41.7 cm³/mol. The Bertz CT molecular complexity index is 205. The Morgan fingerprint density at radius 1 is 1.83 bits per heavy atom. The first-order valence-electron chi connectivity index (χ1n) is 3.85. The molecule has 5 nitrogen and oxygen atoms in total. The van der Waals surface area contributed by atoms with Crippen molar-refractivity contribution < 1.29 is 14.7 Å². The zero-order chi connectivity index (χ0) is 9.14. The molecule has 5 heteroatoms. The quantitative estimate of drug-likeness (QED) is 0.538. The van der Waals surface area contributed by atoms with Crippen molar-refractivity contribution in [2.75, 3.05) is 6.54 Å². The molecule has 0 aromatic heterocycles. The van der Waals surface area contributed by atoms with Gasteiger partial charge in [0.15, 0.2) is 0 Å². The lowest BCUT2D eigenvalue weighted by atomic mass is 10.0. The van der Waals surface area contributed by atoms with E-state index in [1.807, 2.05) is 0 Å². The number of hydrogen-bond donors (Lipinski definition) is 3. The fraction of sp³-hybridized carbons (Fsp3) is 0.714. The van der Waals surface area contributed by atoms with Crippen LogP contribution in [0.2, 0.25) is 0 Å². The smallest absolute Gasteiger partial charge is 0.404 e. The van der Waals surface area contributed by atoms with Crippen molar-refractivity contribution in [2.24, 2.45) is 5.92 Å². The van der Waals surface area contributed by atoms with Crippen LogP contribution >= 0.6 is 0 Å². The Balaban J connectivity index is 2.37. The Morgan fingerprint density at radius 2 is 2.50 bits per heavy atom. The van der Waals surface area contributed by atoms with Crippen molar-refractivity contribution in [1.29, 1.82) is 0 Å². The monoisotopic (exact) mass is 172 g/mol. The Labute approximate surface area is 70.1 Å². The van der Waals surface area contributed by atoms with Crippen LogP contribution in [0.3, 0.4) is 0 Å². The molecule has 1 aliphatic heterocycles. The standard InChI is InChI=1S/C7H12N2O3/c1-4(9-7(11)12)5-2-6(10)8-3-5/h4-5,9H,2-3H2,1H3,(H,8,10)(H,11,12)/t4-,5?/m0/s1. The van der Waals surface area contributed by atoms with Crippen LogP contribution in [-0.4, -0.2) is 29.7 Å². The highest BCUT2D eigenvalue weighted by Gasteiger charge is 2.27. The van der Waals surface area contributed by atoms with E-state index in [-0.39, 0.29) is 17.9 Å². The molecule has 0 spiro atoms. The van der Waals surface area contributed by atoms with E-state index in [9.17, 15) is 9.59 Å². The molecule has 0 aliphatic carbocycles. The average Bonchev–Trinajstić information content (AvgIpc) is 2.34. The molecule has 1 unspecified atom stereocenters. The van der Waals surface area contributed by atoms with E-state index in [1.165, 1.54) is 0 Å². The van der Waals surface area contributed by atoms with Gasteiger partial charge >= 0.3 is 6.09 Å². The van der Waals surface area contributed by atoms with Crippen LogP contribution < -0.4 is 10.6 Å². The minimum Gasteiger partial charge on any atom is -0.465 e. The minimum atomic E-state index is -1.04. The SMILES string of the molecule is C[C@H](NC(=O)O)C1CNC(=O)C1. The molecule has 3 N–H and O–H groups in total. The highest BCUT2D eigenvalue weighted by Crippen LogP contribution is 2.12. The van der Waals surface area contributed by atoms with Crippen LogP contribution in [0.1, 0.15) is 13.3 Å². The first-order valence-corrected chi connectivity index (χ1v) is 3.85. The predicted octanol–water partition coefficient (Wildman–Crippen LogP) is -0.221. The number of rotatable bonds is 2. The molecule has 2 amide bonds. The number of carboxylic acid groups (broad SMARTS) is 1. The largest absolute Gasteiger partial charge is 0.465 e. The summed E-state index contributed by atoms with van der Waals surface area (Å²) in [5.41, 5.74) is 0. The summed E-state index contributed by atoms with van der Waals surface area (Å²) in [6.45, 7) is 2.33. The fourth-order valence-electron chi connectivity index (χ4n) is 1.29. The normalized spacial score (nSPS) is 24.8. The van der Waals surface area contributed by atoms with Gasteiger partial charge in [0.25, 0.3) is 0 Å². The van der Waals surface area contributed by atoms with Gasteiger partial charge in [0.05, 0.1) is 0 Å². The van der Waals surface area contributed by atoms with Crippen molar-refractivity contribution in [2.45, 2.75) is 19.4 Å². The highest BCUT2D eigenvalue weighted by atomic mass is 16.4. The molecule has 1 aliphatic rings. The van der Waals surface area contributed by atoms with Gasteiger partial charge in [0.1, 0.15) is 0 Å². The molecule has 12 heavy (non-hydrogen) atoms. The van der Waals surface area contributed by atoms with E-state index in [1.54, 1.807) is 6.92 Å². The van der Waals surface area contributed by atoms with Gasteiger partial charge in [0, 0.05) is 24.9 Å². The maximum absolute atomic E-state index is 10.8. The van der Waals surface area contributed by atoms with Crippen LogP contribution in [0.5, 0.6) is 0 Å². The summed E-state index contributed by atoms with van der Waals surface area (Å²) in [6.07, 6.45) is -0.622. The zero-order valence-corrected chi connectivity index (χ0v) is 6.83. The summed E-state index contributed by atoms with van der Waals surface area (Å²) in [6, 6.07) is -0.165. The molecule has 1 fully saturated rings. The second-order valence-corrected chi connectivity index (χ2v) is 3.01. The van der Waals surface area contributed by atoms with E-state index in [2.05, 4.69) is 10.6 Å². The molecule has 1 heterocycles. The molecule has 0 aromatic rings. The summed E-state index contributed by atoms with van der Waals surface area (Å²) < 4.78 is 0. The Hall–Kier alpha value is -1.26. The minimum absolute atomic E-state index is 0.000890. The summed E-state index contributed by atoms with van der Waals surface area (Å²) >= 11 is 0. The van der Waals surface area contributed by atoms with Crippen LogP contribution in [0.15, 0.2) is 0 Å². The van der Waals surface area contributed by atoms with Gasteiger partial charge in [-0.2, -0.15) is 0 Å². The molecule has 68 valence electrons. The van der Waals surface area contributed by atoms with E-state index in [0.29, 0.717) is 13.0 Å². The summed E-state index contributed by atoms with van der Waals surface area (Å²) in [7, 11) is 0. The second kappa shape index (κ2) is 3.42. The fourth-order valence-corrected chi connectivity index (χ4v) is 1.29. The van der Waals surface area contributed by atoms with Crippen molar-refractivity contribution in [3.05, 3.63) is 0 Å². The average molecular weight is 172 g/mol. The van der Waals surface area contributed by atoms with Gasteiger partial charge in [0.2, 0.25) is 5.91 Å². The molecule has 2 atom stereocenters. The van der Waals surface area contributed by atoms with Crippen LogP contribution in [-0.2, 0) is 4.79 Å². The van der Waals surface area contributed by atoms with Crippen molar-refractivity contribution in [1.82, 2.24) is 10.6 Å². The van der Waals surface area contributed by atoms with Gasteiger partial charge in [-0.3, -0.25) is 4.79 Å². The van der Waals surface area contributed by atoms with Gasteiger partial charge < -0.3 is 15.7 Å². The van der Waals surface area contributed by atoms with E-state index in [4.69, 9.17) is 5.11 Å². The zero-order valence-electron chi connectivity index (χ0n) is 6.83. The number of amides is 2. The molecule has 1 saturated heterocycles. The van der Waals surface area contributed by atoms with E-state index < -0.39 is 6.09 Å². The number of hydrogen-bond acceptors (Lipinski definition) is 2. The lowest BCUT2D eigenvalue weighted by molar-refractivity contribution is -0.119. The van der Waals surface area contributed by atoms with E-state index >= 15 is 0 Å².